The average molecular weight is 295 g/mol. The first-order valence-corrected chi connectivity index (χ1v) is 7.23. The van der Waals surface area contributed by atoms with Crippen molar-refractivity contribution in [3.8, 4) is 0 Å². The summed E-state index contributed by atoms with van der Waals surface area (Å²) in [6.07, 6.45) is 0.884. The number of rotatable bonds is 4. The minimum atomic E-state index is -0.118. The molecule has 4 nitrogen and oxygen atoms in total. The molecule has 2 rings (SSSR count). The van der Waals surface area contributed by atoms with E-state index in [2.05, 4.69) is 5.32 Å². The van der Waals surface area contributed by atoms with E-state index in [9.17, 15) is 9.59 Å². The van der Waals surface area contributed by atoms with E-state index in [1.807, 2.05) is 38.1 Å². The maximum absolute atomic E-state index is 11.7. The fourth-order valence-electron chi connectivity index (χ4n) is 2.22. The van der Waals surface area contributed by atoms with Crippen molar-refractivity contribution in [2.45, 2.75) is 32.1 Å². The number of nitrogens with one attached hydrogen (secondary N) is 1. The SMILES string of the molecule is CC(C)CC(=O)Nc1ccc(N2CC(Cl)CC2=O)cc1. The number of hydrogen-bond acceptors (Lipinski definition) is 2. The van der Waals surface area contributed by atoms with Crippen LogP contribution in [0, 0.1) is 5.92 Å². The van der Waals surface area contributed by atoms with Gasteiger partial charge in [-0.05, 0) is 30.2 Å². The Morgan fingerprint density at radius 3 is 2.55 bits per heavy atom. The third kappa shape index (κ3) is 3.73. The Hall–Kier alpha value is -1.55. The Labute approximate surface area is 124 Å². The van der Waals surface area contributed by atoms with Crippen LogP contribution in [0.5, 0.6) is 0 Å². The normalized spacial score (nSPS) is 18.7. The van der Waals surface area contributed by atoms with Gasteiger partial charge in [-0.2, -0.15) is 0 Å². The van der Waals surface area contributed by atoms with Gasteiger partial charge in [0, 0.05) is 30.8 Å². The molecule has 0 radical (unpaired) electrons. The molecule has 0 saturated carbocycles. The molecule has 0 aliphatic carbocycles. The van der Waals surface area contributed by atoms with Gasteiger partial charge in [0.05, 0.1) is 5.38 Å². The molecular formula is C15H19ClN2O2. The number of alkyl halides is 1. The van der Waals surface area contributed by atoms with Crippen LogP contribution in [-0.2, 0) is 9.59 Å². The van der Waals surface area contributed by atoms with E-state index in [-0.39, 0.29) is 17.2 Å². The summed E-state index contributed by atoms with van der Waals surface area (Å²) in [5, 5.41) is 2.72. The molecule has 0 bridgehead atoms. The first-order chi connectivity index (χ1) is 9.45. The number of carbonyl (C=O) groups is 2. The number of amides is 2. The van der Waals surface area contributed by atoms with Crippen molar-refractivity contribution in [3.63, 3.8) is 0 Å². The summed E-state index contributed by atoms with van der Waals surface area (Å²) in [5.41, 5.74) is 1.56. The predicted octanol–water partition coefficient (Wildman–Crippen LogP) is 3.02. The van der Waals surface area contributed by atoms with Gasteiger partial charge in [-0.1, -0.05) is 13.8 Å². The summed E-state index contributed by atoms with van der Waals surface area (Å²) >= 11 is 5.98. The lowest BCUT2D eigenvalue weighted by atomic mass is 10.1. The summed E-state index contributed by atoms with van der Waals surface area (Å²) in [6, 6.07) is 7.28. The van der Waals surface area contributed by atoms with Gasteiger partial charge in [0.2, 0.25) is 11.8 Å². The molecule has 1 aromatic carbocycles. The van der Waals surface area contributed by atoms with Gasteiger partial charge in [-0.25, -0.2) is 0 Å². The summed E-state index contributed by atoms with van der Waals surface area (Å²) in [6.45, 7) is 4.55. The van der Waals surface area contributed by atoms with Crippen LogP contribution in [0.3, 0.4) is 0 Å². The highest BCUT2D eigenvalue weighted by atomic mass is 35.5. The standard InChI is InChI=1S/C15H19ClN2O2/c1-10(2)7-14(19)17-12-3-5-13(6-4-12)18-9-11(16)8-15(18)20/h3-6,10-11H,7-9H2,1-2H3,(H,17,19). The summed E-state index contributed by atoms with van der Waals surface area (Å²) in [5.74, 6) is 0.379. The molecule has 1 aromatic rings. The van der Waals surface area contributed by atoms with Crippen molar-refractivity contribution >= 4 is 34.8 Å². The summed E-state index contributed by atoms with van der Waals surface area (Å²) in [4.78, 5) is 25.1. The Morgan fingerprint density at radius 1 is 1.40 bits per heavy atom. The van der Waals surface area contributed by atoms with Gasteiger partial charge in [-0.3, -0.25) is 9.59 Å². The van der Waals surface area contributed by atoms with Crippen LogP contribution in [0.25, 0.3) is 0 Å². The summed E-state index contributed by atoms with van der Waals surface area (Å²) < 4.78 is 0. The monoisotopic (exact) mass is 294 g/mol. The highest BCUT2D eigenvalue weighted by Crippen LogP contribution is 2.25. The Kier molecular flexibility index (Phi) is 4.65. The molecule has 1 fully saturated rings. The molecule has 1 N–H and O–H groups in total. The van der Waals surface area contributed by atoms with Crippen LogP contribution in [0.2, 0.25) is 0 Å². The van der Waals surface area contributed by atoms with Crippen molar-refractivity contribution in [2.75, 3.05) is 16.8 Å². The van der Waals surface area contributed by atoms with Gasteiger partial charge in [0.25, 0.3) is 0 Å². The van der Waals surface area contributed by atoms with Crippen LogP contribution >= 0.6 is 11.6 Å². The third-order valence-electron chi connectivity index (χ3n) is 3.13. The lowest BCUT2D eigenvalue weighted by Crippen LogP contribution is -2.24. The molecule has 2 amide bonds. The molecule has 1 unspecified atom stereocenters. The first kappa shape index (κ1) is 14.9. The number of benzene rings is 1. The zero-order chi connectivity index (χ0) is 14.7. The van der Waals surface area contributed by atoms with E-state index >= 15 is 0 Å². The van der Waals surface area contributed by atoms with Crippen LogP contribution < -0.4 is 10.2 Å². The predicted molar refractivity (Wildman–Crippen MR) is 81.1 cm³/mol. The lowest BCUT2D eigenvalue weighted by molar-refractivity contribution is -0.117. The van der Waals surface area contributed by atoms with E-state index in [1.165, 1.54) is 0 Å². The molecule has 0 spiro atoms. The molecule has 5 heteroatoms. The van der Waals surface area contributed by atoms with Crippen LogP contribution in [0.15, 0.2) is 24.3 Å². The highest BCUT2D eigenvalue weighted by Gasteiger charge is 2.28. The zero-order valence-corrected chi connectivity index (χ0v) is 12.5. The van der Waals surface area contributed by atoms with E-state index in [0.29, 0.717) is 25.3 Å². The molecule has 1 atom stereocenters. The Morgan fingerprint density at radius 2 is 2.05 bits per heavy atom. The molecule has 1 saturated heterocycles. The van der Waals surface area contributed by atoms with E-state index in [4.69, 9.17) is 11.6 Å². The second-order valence-corrected chi connectivity index (χ2v) is 6.12. The maximum atomic E-state index is 11.7. The first-order valence-electron chi connectivity index (χ1n) is 6.80. The van der Waals surface area contributed by atoms with E-state index in [0.717, 1.165) is 11.4 Å². The van der Waals surface area contributed by atoms with E-state index in [1.54, 1.807) is 4.90 Å². The molecule has 1 heterocycles. The van der Waals surface area contributed by atoms with E-state index < -0.39 is 0 Å². The second-order valence-electron chi connectivity index (χ2n) is 5.50. The maximum Gasteiger partial charge on any atom is 0.228 e. The minimum absolute atomic E-state index is 0.00539. The lowest BCUT2D eigenvalue weighted by Gasteiger charge is -2.16. The Balaban J connectivity index is 2.00. The number of halogens is 1. The van der Waals surface area contributed by atoms with Gasteiger partial charge in [0.15, 0.2) is 0 Å². The van der Waals surface area contributed by atoms with Crippen LogP contribution in [0.1, 0.15) is 26.7 Å². The summed E-state index contributed by atoms with van der Waals surface area (Å²) in [7, 11) is 0. The van der Waals surface area contributed by atoms with Crippen molar-refractivity contribution in [1.29, 1.82) is 0 Å². The Bertz CT molecular complexity index is 499. The van der Waals surface area contributed by atoms with Crippen LogP contribution in [0.4, 0.5) is 11.4 Å². The average Bonchev–Trinajstić information content (AvgIpc) is 2.68. The number of carbonyl (C=O) groups excluding carboxylic acids is 2. The van der Waals surface area contributed by atoms with Gasteiger partial charge >= 0.3 is 0 Å². The van der Waals surface area contributed by atoms with Crippen molar-refractivity contribution in [1.82, 2.24) is 0 Å². The minimum Gasteiger partial charge on any atom is -0.326 e. The molecule has 108 valence electrons. The second kappa shape index (κ2) is 6.27. The van der Waals surface area contributed by atoms with Crippen molar-refractivity contribution in [2.24, 2.45) is 5.92 Å². The topological polar surface area (TPSA) is 49.4 Å². The number of hydrogen-bond donors (Lipinski definition) is 1. The molecule has 0 aromatic heterocycles. The van der Waals surface area contributed by atoms with Gasteiger partial charge in [-0.15, -0.1) is 11.6 Å². The number of anilines is 2. The molecule has 1 aliphatic heterocycles. The van der Waals surface area contributed by atoms with Gasteiger partial charge < -0.3 is 10.2 Å². The third-order valence-corrected chi connectivity index (χ3v) is 3.43. The van der Waals surface area contributed by atoms with Gasteiger partial charge in [0.1, 0.15) is 0 Å². The van der Waals surface area contributed by atoms with Crippen LogP contribution in [-0.4, -0.2) is 23.7 Å². The van der Waals surface area contributed by atoms with Crippen molar-refractivity contribution < 1.29 is 9.59 Å². The fraction of sp³-hybridized carbons (Fsp3) is 0.467. The molecular weight excluding hydrogens is 276 g/mol. The fourth-order valence-corrected chi connectivity index (χ4v) is 2.49. The quantitative estimate of drug-likeness (QED) is 0.868. The largest absolute Gasteiger partial charge is 0.326 e. The smallest absolute Gasteiger partial charge is 0.228 e. The molecule has 1 aliphatic rings. The number of nitrogens with zero attached hydrogens (tertiary/aromatic N) is 1. The zero-order valence-electron chi connectivity index (χ0n) is 11.7. The van der Waals surface area contributed by atoms with Crippen molar-refractivity contribution in [3.05, 3.63) is 24.3 Å². The highest BCUT2D eigenvalue weighted by molar-refractivity contribution is 6.24. The molecule has 20 heavy (non-hydrogen) atoms.